The molecule has 2 amide bonds. The predicted octanol–water partition coefficient (Wildman–Crippen LogP) is 5.34. The fraction of sp³-hybridized carbons (Fsp3) is 0.154. The van der Waals surface area contributed by atoms with E-state index >= 15 is 0 Å². The number of hydrogen-bond acceptors (Lipinski definition) is 5. The number of Topliss-reactive ketones (excluding diaryl/α,β-unsaturated/α-hetero) is 2. The fourth-order valence-corrected chi connectivity index (χ4v) is 5.86. The molecule has 1 spiro atoms. The number of hydrogen-bond donors (Lipinski definition) is 0. The van der Waals surface area contributed by atoms with Crippen molar-refractivity contribution in [3.8, 4) is 0 Å². The summed E-state index contributed by atoms with van der Waals surface area (Å²) in [6.45, 7) is 0. The number of ether oxygens (including phenoxy) is 1. The quantitative estimate of drug-likeness (QED) is 0.333. The number of halogens is 3. The van der Waals surface area contributed by atoms with E-state index in [1.165, 1.54) is 30.3 Å². The molecule has 1 aliphatic carbocycles. The molecule has 0 radical (unpaired) electrons. The van der Waals surface area contributed by atoms with Crippen LogP contribution in [0.1, 0.15) is 32.4 Å². The molecular formula is C26H14Cl3NO5. The molecule has 2 aliphatic heterocycles. The average Bonchev–Trinajstić information content (AvgIpc) is 3.41. The molecule has 174 valence electrons. The lowest BCUT2D eigenvalue weighted by Crippen LogP contribution is -2.51. The minimum atomic E-state index is -2.16. The van der Waals surface area contributed by atoms with E-state index in [1.807, 2.05) is 0 Å². The van der Waals surface area contributed by atoms with E-state index < -0.39 is 46.9 Å². The molecule has 6 rings (SSSR count). The molecule has 0 aromatic heterocycles. The van der Waals surface area contributed by atoms with E-state index in [2.05, 4.69) is 0 Å². The molecule has 3 atom stereocenters. The summed E-state index contributed by atoms with van der Waals surface area (Å²) >= 11 is 18.5. The largest absolute Gasteiger partial charge is 0.349 e. The second kappa shape index (κ2) is 7.73. The summed E-state index contributed by atoms with van der Waals surface area (Å²) in [5.41, 5.74) is -1.24. The van der Waals surface area contributed by atoms with Gasteiger partial charge in [-0.05, 0) is 35.9 Å². The zero-order valence-electron chi connectivity index (χ0n) is 17.7. The van der Waals surface area contributed by atoms with Crippen molar-refractivity contribution in [1.29, 1.82) is 0 Å². The van der Waals surface area contributed by atoms with Crippen molar-refractivity contribution in [3.63, 3.8) is 0 Å². The molecule has 3 aromatic carbocycles. The first-order chi connectivity index (χ1) is 16.8. The molecule has 2 saturated heterocycles. The van der Waals surface area contributed by atoms with Crippen LogP contribution >= 0.6 is 34.8 Å². The number of fused-ring (bicyclic) bond motifs is 3. The summed E-state index contributed by atoms with van der Waals surface area (Å²) < 4.78 is 6.22. The van der Waals surface area contributed by atoms with Crippen molar-refractivity contribution in [2.24, 2.45) is 11.8 Å². The van der Waals surface area contributed by atoms with E-state index in [1.54, 1.807) is 36.4 Å². The van der Waals surface area contributed by atoms with Gasteiger partial charge in [-0.25, -0.2) is 4.90 Å². The van der Waals surface area contributed by atoms with Gasteiger partial charge in [0.15, 0.2) is 0 Å². The number of nitrogens with zero attached hydrogens (tertiary/aromatic N) is 1. The Morgan fingerprint density at radius 1 is 0.743 bits per heavy atom. The normalized spacial score (nSPS) is 24.4. The van der Waals surface area contributed by atoms with Gasteiger partial charge in [-0.3, -0.25) is 19.2 Å². The number of amides is 2. The van der Waals surface area contributed by atoms with Crippen LogP contribution in [0.2, 0.25) is 15.1 Å². The molecule has 0 bridgehead atoms. The van der Waals surface area contributed by atoms with Crippen molar-refractivity contribution in [2.75, 3.05) is 4.90 Å². The Kier molecular flexibility index (Phi) is 4.96. The van der Waals surface area contributed by atoms with Crippen LogP contribution in [-0.2, 0) is 14.3 Å². The minimum Gasteiger partial charge on any atom is -0.349 e. The zero-order valence-corrected chi connectivity index (χ0v) is 20.0. The topological polar surface area (TPSA) is 80.8 Å². The number of carbonyl (C=O) groups excluding carboxylic acids is 4. The van der Waals surface area contributed by atoms with Gasteiger partial charge in [0.1, 0.15) is 0 Å². The van der Waals surface area contributed by atoms with Crippen LogP contribution in [0.3, 0.4) is 0 Å². The summed E-state index contributed by atoms with van der Waals surface area (Å²) in [5.74, 6) is -5.15. The van der Waals surface area contributed by atoms with Crippen molar-refractivity contribution < 1.29 is 23.9 Å². The molecular weight excluding hydrogens is 513 g/mol. The molecule has 35 heavy (non-hydrogen) atoms. The van der Waals surface area contributed by atoms with Gasteiger partial charge in [0.25, 0.3) is 0 Å². The molecule has 0 unspecified atom stereocenters. The van der Waals surface area contributed by atoms with Crippen molar-refractivity contribution >= 4 is 63.9 Å². The standard InChI is InChI=1S/C26H14Cl3NO5/c27-13-7-5-12(6-8-13)21-19-20(25(34)30(24(19)33)18-11-14(28)9-10-17(18)29)26(35-21)22(31)15-3-1-2-4-16(15)23(26)32/h1-11,19-21H/t19-,20+,21+/m0/s1. The maximum absolute atomic E-state index is 13.9. The second-order valence-electron chi connectivity index (χ2n) is 8.64. The zero-order chi connectivity index (χ0) is 24.6. The van der Waals surface area contributed by atoms with Crippen molar-refractivity contribution in [3.05, 3.63) is 98.5 Å². The van der Waals surface area contributed by atoms with Gasteiger partial charge < -0.3 is 4.74 Å². The number of benzene rings is 3. The highest BCUT2D eigenvalue weighted by Gasteiger charge is 2.74. The number of imide groups is 1. The SMILES string of the molecule is O=C1[C@@H]2[C@@H](c3ccc(Cl)cc3)OC3(C(=O)c4ccccc4C3=O)[C@H]2C(=O)N1c1cc(Cl)ccc1Cl. The molecule has 0 saturated carbocycles. The Hall–Kier alpha value is -3.03. The molecule has 0 N–H and O–H groups in total. The van der Waals surface area contributed by atoms with E-state index in [0.29, 0.717) is 10.6 Å². The van der Waals surface area contributed by atoms with Crippen LogP contribution in [-0.4, -0.2) is 29.0 Å². The van der Waals surface area contributed by atoms with Gasteiger partial charge >= 0.3 is 0 Å². The van der Waals surface area contributed by atoms with Crippen LogP contribution in [0.4, 0.5) is 5.69 Å². The fourth-order valence-electron chi connectivity index (χ4n) is 5.37. The summed E-state index contributed by atoms with van der Waals surface area (Å²) in [6, 6.07) is 17.2. The van der Waals surface area contributed by atoms with Gasteiger partial charge in [0.05, 0.1) is 28.6 Å². The molecule has 6 nitrogen and oxygen atoms in total. The maximum Gasteiger partial charge on any atom is 0.241 e. The Bertz CT molecular complexity index is 1430. The predicted molar refractivity (Wildman–Crippen MR) is 129 cm³/mol. The number of ketones is 2. The lowest BCUT2D eigenvalue weighted by molar-refractivity contribution is -0.127. The molecule has 2 fully saturated rings. The smallest absolute Gasteiger partial charge is 0.241 e. The summed E-state index contributed by atoms with van der Waals surface area (Å²) in [6.07, 6.45) is -1.04. The third kappa shape index (κ3) is 2.94. The summed E-state index contributed by atoms with van der Waals surface area (Å²) in [4.78, 5) is 56.1. The van der Waals surface area contributed by atoms with Gasteiger partial charge in [-0.15, -0.1) is 0 Å². The summed E-state index contributed by atoms with van der Waals surface area (Å²) in [7, 11) is 0. The van der Waals surface area contributed by atoms with Crippen molar-refractivity contribution in [1.82, 2.24) is 0 Å². The van der Waals surface area contributed by atoms with E-state index in [4.69, 9.17) is 39.5 Å². The Morgan fingerprint density at radius 3 is 1.97 bits per heavy atom. The third-order valence-electron chi connectivity index (χ3n) is 6.87. The molecule has 9 heteroatoms. The van der Waals surface area contributed by atoms with E-state index in [0.717, 1.165) is 4.90 Å². The van der Waals surface area contributed by atoms with Crippen LogP contribution in [0, 0.1) is 11.8 Å². The lowest BCUT2D eigenvalue weighted by atomic mass is 9.77. The monoisotopic (exact) mass is 525 g/mol. The van der Waals surface area contributed by atoms with Gasteiger partial charge in [0.2, 0.25) is 29.0 Å². The van der Waals surface area contributed by atoms with Crippen LogP contribution in [0.15, 0.2) is 66.7 Å². The highest BCUT2D eigenvalue weighted by molar-refractivity contribution is 6.40. The Balaban J connectivity index is 1.56. The number of carbonyl (C=O) groups is 4. The van der Waals surface area contributed by atoms with E-state index in [-0.39, 0.29) is 26.9 Å². The minimum absolute atomic E-state index is 0.0870. The first kappa shape index (κ1) is 22.4. The Morgan fingerprint density at radius 2 is 1.34 bits per heavy atom. The summed E-state index contributed by atoms with van der Waals surface area (Å²) in [5, 5.41) is 0.851. The van der Waals surface area contributed by atoms with Crippen LogP contribution < -0.4 is 4.90 Å². The van der Waals surface area contributed by atoms with Crippen LogP contribution in [0.25, 0.3) is 0 Å². The lowest BCUT2D eigenvalue weighted by Gasteiger charge is -2.27. The van der Waals surface area contributed by atoms with Gasteiger partial charge in [-0.1, -0.05) is 71.2 Å². The highest BCUT2D eigenvalue weighted by atomic mass is 35.5. The second-order valence-corrected chi connectivity index (χ2v) is 9.92. The number of anilines is 1. The van der Waals surface area contributed by atoms with Gasteiger partial charge in [0, 0.05) is 21.2 Å². The van der Waals surface area contributed by atoms with Crippen molar-refractivity contribution in [2.45, 2.75) is 11.7 Å². The first-order valence-electron chi connectivity index (χ1n) is 10.7. The molecule has 3 aliphatic rings. The maximum atomic E-state index is 13.9. The first-order valence-corrected chi connectivity index (χ1v) is 11.8. The Labute approximate surface area is 214 Å². The molecule has 2 heterocycles. The third-order valence-corrected chi connectivity index (χ3v) is 7.67. The van der Waals surface area contributed by atoms with E-state index in [9.17, 15) is 19.2 Å². The van der Waals surface area contributed by atoms with Crippen LogP contribution in [0.5, 0.6) is 0 Å². The molecule has 3 aromatic rings. The average molecular weight is 527 g/mol. The number of rotatable bonds is 2. The van der Waals surface area contributed by atoms with Gasteiger partial charge in [-0.2, -0.15) is 0 Å². The highest BCUT2D eigenvalue weighted by Crippen LogP contribution is 2.58.